The first-order chi connectivity index (χ1) is 20.3. The lowest BCUT2D eigenvalue weighted by Gasteiger charge is -2.33. The van der Waals surface area contributed by atoms with Crippen molar-refractivity contribution in [2.45, 2.75) is 59.1 Å². The minimum absolute atomic E-state index is 0.0335. The number of likely N-dealkylation sites (tertiary alicyclic amines) is 1. The van der Waals surface area contributed by atoms with E-state index in [0.29, 0.717) is 41.3 Å². The maximum absolute atomic E-state index is 13.1. The number of piperidine rings is 1. The molecule has 224 valence electrons. The van der Waals surface area contributed by atoms with Gasteiger partial charge in [0.25, 0.3) is 5.56 Å². The Bertz CT molecular complexity index is 1760. The Morgan fingerprint density at radius 3 is 2.44 bits per heavy atom. The van der Waals surface area contributed by atoms with E-state index in [4.69, 9.17) is 15.5 Å². The van der Waals surface area contributed by atoms with Crippen LogP contribution in [0.25, 0.3) is 28.3 Å². The summed E-state index contributed by atoms with van der Waals surface area (Å²) in [6, 6.07) is 6.20. The second-order valence-electron chi connectivity index (χ2n) is 11.6. The number of carboxylic acids is 1. The van der Waals surface area contributed by atoms with Crippen molar-refractivity contribution in [3.63, 3.8) is 0 Å². The highest BCUT2D eigenvalue weighted by atomic mass is 16.6. The van der Waals surface area contributed by atoms with Gasteiger partial charge in [0.15, 0.2) is 5.82 Å². The predicted molar refractivity (Wildman–Crippen MR) is 159 cm³/mol. The highest BCUT2D eigenvalue weighted by Gasteiger charge is 2.28. The highest BCUT2D eigenvalue weighted by molar-refractivity contribution is 5.88. The quantitative estimate of drug-likeness (QED) is 0.348. The van der Waals surface area contributed by atoms with E-state index < -0.39 is 17.1 Å². The summed E-state index contributed by atoms with van der Waals surface area (Å²) in [6.45, 7) is 10.1. The Morgan fingerprint density at radius 2 is 1.77 bits per heavy atom. The van der Waals surface area contributed by atoms with Gasteiger partial charge in [-0.1, -0.05) is 6.07 Å². The summed E-state index contributed by atoms with van der Waals surface area (Å²) in [5, 5.41) is 18.5. The number of aryl methyl sites for hydroxylation is 2. The number of aromatic nitrogens is 6. The number of nitrogen functional groups attached to an aromatic ring is 1. The number of aromatic carboxylic acids is 1. The third kappa shape index (κ3) is 6.25. The SMILES string of the molecule is Cc1ccc(C(=O)O)cc1-n1nc(-c2nc(-c3cnn(C4CCN(C(=O)OC(C)(C)C)CC4)c3)cnc2N)cc(C)c1=O. The van der Waals surface area contributed by atoms with E-state index >= 15 is 0 Å². The molecule has 0 bridgehead atoms. The number of rotatable bonds is 5. The number of nitrogens with zero attached hydrogens (tertiary/aromatic N) is 7. The lowest BCUT2D eigenvalue weighted by molar-refractivity contribution is 0.0184. The van der Waals surface area contributed by atoms with Gasteiger partial charge >= 0.3 is 12.1 Å². The molecule has 4 heterocycles. The average Bonchev–Trinajstić information content (AvgIpc) is 3.45. The van der Waals surface area contributed by atoms with Gasteiger partial charge < -0.3 is 20.5 Å². The molecule has 0 unspecified atom stereocenters. The van der Waals surface area contributed by atoms with Gasteiger partial charge in [0.1, 0.15) is 17.0 Å². The first kappa shape index (κ1) is 29.4. The van der Waals surface area contributed by atoms with E-state index in [1.165, 1.54) is 16.8 Å². The standard InChI is InChI=1S/C30H34N8O5/c1-17-6-7-19(28(40)41)13-24(17)38-27(39)18(2)12-22(35-38)25-26(31)32-15-23(34-25)20-14-33-37(16-20)21-8-10-36(11-9-21)29(42)43-30(3,4)5/h6-7,12-16,21H,8-11H2,1-5H3,(H2,31,32)(H,40,41). The second kappa shape index (κ2) is 11.3. The molecule has 1 aromatic carbocycles. The molecular weight excluding hydrogens is 552 g/mol. The topological polar surface area (TPSA) is 171 Å². The summed E-state index contributed by atoms with van der Waals surface area (Å²) in [5.74, 6) is -0.988. The predicted octanol–water partition coefficient (Wildman–Crippen LogP) is 4.02. The van der Waals surface area contributed by atoms with Gasteiger partial charge in [-0.25, -0.2) is 19.6 Å². The molecule has 0 saturated carbocycles. The number of hydrogen-bond acceptors (Lipinski definition) is 9. The molecule has 1 aliphatic heterocycles. The Hall–Kier alpha value is -5.07. The maximum Gasteiger partial charge on any atom is 0.410 e. The van der Waals surface area contributed by atoms with Gasteiger partial charge in [-0.05, 0) is 71.2 Å². The van der Waals surface area contributed by atoms with Gasteiger partial charge in [-0.3, -0.25) is 9.48 Å². The Balaban J connectivity index is 1.41. The molecule has 0 aliphatic carbocycles. The molecule has 1 saturated heterocycles. The summed E-state index contributed by atoms with van der Waals surface area (Å²) in [7, 11) is 0. The molecule has 1 aliphatic rings. The molecule has 13 nitrogen and oxygen atoms in total. The van der Waals surface area contributed by atoms with Crippen LogP contribution in [0.5, 0.6) is 0 Å². The van der Waals surface area contributed by atoms with E-state index in [-0.39, 0.29) is 29.2 Å². The number of carboxylic acid groups (broad SMARTS) is 1. The fourth-order valence-electron chi connectivity index (χ4n) is 4.90. The number of carbonyl (C=O) groups is 2. The zero-order valence-electron chi connectivity index (χ0n) is 24.7. The molecule has 3 N–H and O–H groups in total. The van der Waals surface area contributed by atoms with Crippen molar-refractivity contribution in [2.75, 3.05) is 18.8 Å². The molecule has 5 rings (SSSR count). The van der Waals surface area contributed by atoms with Crippen molar-refractivity contribution in [2.24, 2.45) is 0 Å². The number of benzene rings is 1. The number of nitrogens with two attached hydrogens (primary N) is 1. The zero-order valence-corrected chi connectivity index (χ0v) is 24.7. The molecule has 3 aromatic heterocycles. The largest absolute Gasteiger partial charge is 0.478 e. The molecule has 0 atom stereocenters. The molecule has 0 radical (unpaired) electrons. The zero-order chi connectivity index (χ0) is 31.1. The third-order valence-corrected chi connectivity index (χ3v) is 7.21. The van der Waals surface area contributed by atoms with Crippen LogP contribution >= 0.6 is 0 Å². The Labute approximate surface area is 247 Å². The highest BCUT2D eigenvalue weighted by Crippen LogP contribution is 2.28. The van der Waals surface area contributed by atoms with Crippen LogP contribution in [0.1, 0.15) is 61.1 Å². The maximum atomic E-state index is 13.1. The van der Waals surface area contributed by atoms with Crippen LogP contribution in [0.3, 0.4) is 0 Å². The molecule has 43 heavy (non-hydrogen) atoms. The third-order valence-electron chi connectivity index (χ3n) is 7.21. The monoisotopic (exact) mass is 586 g/mol. The summed E-state index contributed by atoms with van der Waals surface area (Å²) < 4.78 is 8.54. The Kier molecular flexibility index (Phi) is 7.74. The minimum atomic E-state index is -1.11. The van der Waals surface area contributed by atoms with Crippen LogP contribution in [0.15, 0.2) is 47.7 Å². The number of ether oxygens (including phenoxy) is 1. The summed E-state index contributed by atoms with van der Waals surface area (Å²) >= 11 is 0. The van der Waals surface area contributed by atoms with Crippen molar-refractivity contribution in [3.8, 4) is 28.3 Å². The molecule has 4 aromatic rings. The molecule has 1 amide bonds. The number of anilines is 1. The molecule has 1 fully saturated rings. The Morgan fingerprint density at radius 1 is 1.05 bits per heavy atom. The van der Waals surface area contributed by atoms with Gasteiger partial charge in [0, 0.05) is 30.4 Å². The lowest BCUT2D eigenvalue weighted by Crippen LogP contribution is -2.42. The molecule has 13 heteroatoms. The van der Waals surface area contributed by atoms with Crippen LogP contribution in [0.4, 0.5) is 10.6 Å². The molecule has 0 spiro atoms. The van der Waals surface area contributed by atoms with Crippen LogP contribution in [0.2, 0.25) is 0 Å². The van der Waals surface area contributed by atoms with Crippen molar-refractivity contribution in [3.05, 3.63) is 69.9 Å². The fourth-order valence-corrected chi connectivity index (χ4v) is 4.90. The van der Waals surface area contributed by atoms with E-state index in [1.807, 2.05) is 31.6 Å². The number of hydrogen-bond donors (Lipinski definition) is 2. The minimum Gasteiger partial charge on any atom is -0.478 e. The van der Waals surface area contributed by atoms with Gasteiger partial charge in [-0.2, -0.15) is 14.9 Å². The first-order valence-electron chi connectivity index (χ1n) is 13.9. The lowest BCUT2D eigenvalue weighted by atomic mass is 10.1. The first-order valence-corrected chi connectivity index (χ1v) is 13.9. The smallest absolute Gasteiger partial charge is 0.410 e. The van der Waals surface area contributed by atoms with Gasteiger partial charge in [-0.15, -0.1) is 0 Å². The number of carbonyl (C=O) groups excluding carboxylic acids is 1. The molecular formula is C30H34N8O5. The van der Waals surface area contributed by atoms with Crippen molar-refractivity contribution in [1.82, 2.24) is 34.4 Å². The average molecular weight is 587 g/mol. The summed E-state index contributed by atoms with van der Waals surface area (Å²) in [6.07, 6.45) is 6.28. The van der Waals surface area contributed by atoms with Crippen LogP contribution < -0.4 is 11.3 Å². The summed E-state index contributed by atoms with van der Waals surface area (Å²) in [5.41, 5.74) is 8.55. The van der Waals surface area contributed by atoms with E-state index in [1.54, 1.807) is 43.3 Å². The van der Waals surface area contributed by atoms with Crippen molar-refractivity contribution >= 4 is 17.9 Å². The van der Waals surface area contributed by atoms with Crippen molar-refractivity contribution in [1.29, 1.82) is 0 Å². The second-order valence-corrected chi connectivity index (χ2v) is 11.6. The van der Waals surface area contributed by atoms with Crippen LogP contribution in [-0.4, -0.2) is 70.3 Å². The van der Waals surface area contributed by atoms with E-state index in [2.05, 4.69) is 15.2 Å². The fraction of sp³-hybridized carbons (Fsp3) is 0.367. The van der Waals surface area contributed by atoms with Crippen molar-refractivity contribution < 1.29 is 19.4 Å². The van der Waals surface area contributed by atoms with Gasteiger partial charge in [0.05, 0.1) is 35.4 Å². The normalized spacial score (nSPS) is 14.1. The van der Waals surface area contributed by atoms with Crippen LogP contribution in [0, 0.1) is 13.8 Å². The summed E-state index contributed by atoms with van der Waals surface area (Å²) in [4.78, 5) is 47.9. The van der Waals surface area contributed by atoms with E-state index in [9.17, 15) is 19.5 Å². The number of amides is 1. The van der Waals surface area contributed by atoms with Crippen LogP contribution in [-0.2, 0) is 4.74 Å². The van der Waals surface area contributed by atoms with E-state index in [0.717, 1.165) is 18.4 Å². The van der Waals surface area contributed by atoms with Gasteiger partial charge in [0.2, 0.25) is 0 Å².